The standard InChI is InChI=1S/C21H27N2O4P/c1-2-20-19(14-22)18-13-17(27-11-6-12-28(24,25)26)9-10-21(18)23(20)15-16-7-4-3-5-8-16/h3-5,7-10,13H,2,6,11-12,14-15,22H2,1H3,(H2,24,25,26). The Morgan fingerprint density at radius 1 is 1.14 bits per heavy atom. The Hall–Kier alpha value is -2.11. The smallest absolute Gasteiger partial charge is 0.325 e. The molecule has 0 amide bonds. The Morgan fingerprint density at radius 3 is 2.54 bits per heavy atom. The number of nitrogens with zero attached hydrogens (tertiary/aromatic N) is 1. The molecule has 0 unspecified atom stereocenters. The molecule has 1 aromatic heterocycles. The molecule has 28 heavy (non-hydrogen) atoms. The van der Waals surface area contributed by atoms with Crippen molar-refractivity contribution in [1.82, 2.24) is 4.57 Å². The van der Waals surface area contributed by atoms with Crippen LogP contribution in [0, 0.1) is 0 Å². The summed E-state index contributed by atoms with van der Waals surface area (Å²) in [5.41, 5.74) is 10.8. The summed E-state index contributed by atoms with van der Waals surface area (Å²) >= 11 is 0. The lowest BCUT2D eigenvalue weighted by atomic mass is 10.1. The second kappa shape index (κ2) is 8.93. The highest BCUT2D eigenvalue weighted by Gasteiger charge is 2.16. The van der Waals surface area contributed by atoms with Crippen LogP contribution in [0.2, 0.25) is 0 Å². The van der Waals surface area contributed by atoms with Gasteiger partial charge in [-0.1, -0.05) is 37.3 Å². The van der Waals surface area contributed by atoms with E-state index < -0.39 is 7.60 Å². The van der Waals surface area contributed by atoms with Crippen LogP contribution >= 0.6 is 7.60 Å². The molecule has 0 saturated carbocycles. The molecule has 2 aromatic carbocycles. The molecule has 0 fully saturated rings. The van der Waals surface area contributed by atoms with Gasteiger partial charge in [-0.05, 0) is 42.2 Å². The number of hydrogen-bond donors (Lipinski definition) is 3. The maximum Gasteiger partial charge on any atom is 0.325 e. The van der Waals surface area contributed by atoms with Crippen LogP contribution in [0.4, 0.5) is 0 Å². The van der Waals surface area contributed by atoms with Gasteiger partial charge in [-0.25, -0.2) is 0 Å². The lowest BCUT2D eigenvalue weighted by molar-refractivity contribution is 0.309. The average Bonchev–Trinajstić information content (AvgIpc) is 2.97. The molecule has 1 heterocycles. The summed E-state index contributed by atoms with van der Waals surface area (Å²) in [7, 11) is -3.98. The van der Waals surface area contributed by atoms with Crippen LogP contribution in [0.15, 0.2) is 48.5 Å². The van der Waals surface area contributed by atoms with Gasteiger partial charge >= 0.3 is 7.60 Å². The van der Waals surface area contributed by atoms with E-state index in [-0.39, 0.29) is 12.8 Å². The van der Waals surface area contributed by atoms with E-state index in [0.717, 1.165) is 29.4 Å². The zero-order valence-corrected chi connectivity index (χ0v) is 16.9. The van der Waals surface area contributed by atoms with Crippen molar-refractivity contribution >= 4 is 18.5 Å². The molecule has 3 rings (SSSR count). The summed E-state index contributed by atoms with van der Waals surface area (Å²) in [4.78, 5) is 17.9. The summed E-state index contributed by atoms with van der Waals surface area (Å²) in [5, 5.41) is 1.07. The van der Waals surface area contributed by atoms with Crippen molar-refractivity contribution in [3.8, 4) is 5.75 Å². The third-order valence-electron chi connectivity index (χ3n) is 4.84. The lowest BCUT2D eigenvalue weighted by Crippen LogP contribution is -2.06. The Balaban J connectivity index is 1.89. The van der Waals surface area contributed by atoms with Gasteiger partial charge in [0.05, 0.1) is 12.8 Å². The summed E-state index contributed by atoms with van der Waals surface area (Å²) in [5.74, 6) is 0.687. The number of ether oxygens (including phenoxy) is 1. The normalized spacial score (nSPS) is 11.9. The van der Waals surface area contributed by atoms with Crippen molar-refractivity contribution in [3.05, 3.63) is 65.4 Å². The van der Waals surface area contributed by atoms with Crippen molar-refractivity contribution in [1.29, 1.82) is 0 Å². The molecule has 4 N–H and O–H groups in total. The molecule has 0 aliphatic carbocycles. The zero-order valence-electron chi connectivity index (χ0n) is 16.0. The SMILES string of the molecule is CCc1c(CN)c2cc(OCCCP(=O)(O)O)ccc2n1Cc1ccccc1. The molecule has 0 aliphatic rings. The van der Waals surface area contributed by atoms with E-state index in [9.17, 15) is 4.57 Å². The number of hydrogen-bond acceptors (Lipinski definition) is 3. The first-order chi connectivity index (χ1) is 13.4. The van der Waals surface area contributed by atoms with Crippen molar-refractivity contribution < 1.29 is 19.1 Å². The topological polar surface area (TPSA) is 97.7 Å². The van der Waals surface area contributed by atoms with Crippen molar-refractivity contribution in [2.75, 3.05) is 12.8 Å². The average molecular weight is 402 g/mol. The van der Waals surface area contributed by atoms with Crippen LogP contribution in [-0.4, -0.2) is 27.1 Å². The van der Waals surface area contributed by atoms with Gasteiger partial charge < -0.3 is 24.8 Å². The number of nitrogens with two attached hydrogens (primary N) is 1. The van der Waals surface area contributed by atoms with Gasteiger partial charge in [-0.3, -0.25) is 4.57 Å². The number of aromatic nitrogens is 1. The Bertz CT molecular complexity index is 979. The molecule has 0 spiro atoms. The first-order valence-electron chi connectivity index (χ1n) is 9.48. The van der Waals surface area contributed by atoms with Crippen molar-refractivity contribution in [2.45, 2.75) is 32.9 Å². The molecule has 0 radical (unpaired) electrons. The maximum atomic E-state index is 10.9. The van der Waals surface area contributed by atoms with Gasteiger partial charge in [0, 0.05) is 29.7 Å². The molecule has 0 bridgehead atoms. The summed E-state index contributed by atoms with van der Waals surface area (Å²) in [6.07, 6.45) is 1.02. The van der Waals surface area contributed by atoms with Gasteiger partial charge in [0.2, 0.25) is 0 Å². The third-order valence-corrected chi connectivity index (χ3v) is 5.74. The number of rotatable bonds is 9. The minimum Gasteiger partial charge on any atom is -0.494 e. The zero-order chi connectivity index (χ0) is 20.1. The number of fused-ring (bicyclic) bond motifs is 1. The van der Waals surface area contributed by atoms with Gasteiger partial charge in [-0.2, -0.15) is 0 Å². The fraction of sp³-hybridized carbons (Fsp3) is 0.333. The van der Waals surface area contributed by atoms with Crippen LogP contribution in [-0.2, 0) is 24.1 Å². The number of benzene rings is 2. The maximum absolute atomic E-state index is 10.9. The quantitative estimate of drug-likeness (QED) is 0.375. The van der Waals surface area contributed by atoms with Crippen LogP contribution in [0.3, 0.4) is 0 Å². The predicted molar refractivity (Wildman–Crippen MR) is 112 cm³/mol. The molecule has 3 aromatic rings. The van der Waals surface area contributed by atoms with E-state index in [1.54, 1.807) is 0 Å². The molecule has 0 saturated heterocycles. The van der Waals surface area contributed by atoms with E-state index in [1.165, 1.54) is 11.3 Å². The Morgan fingerprint density at radius 2 is 1.89 bits per heavy atom. The van der Waals surface area contributed by atoms with Gasteiger partial charge in [0.1, 0.15) is 5.75 Å². The lowest BCUT2D eigenvalue weighted by Gasteiger charge is -2.11. The van der Waals surface area contributed by atoms with E-state index in [0.29, 0.717) is 18.7 Å². The highest BCUT2D eigenvalue weighted by molar-refractivity contribution is 7.51. The molecule has 7 heteroatoms. The largest absolute Gasteiger partial charge is 0.494 e. The van der Waals surface area contributed by atoms with Crippen LogP contribution in [0.1, 0.15) is 30.2 Å². The van der Waals surface area contributed by atoms with E-state index in [2.05, 4.69) is 23.6 Å². The second-order valence-electron chi connectivity index (χ2n) is 6.82. The fourth-order valence-electron chi connectivity index (χ4n) is 3.58. The molecular formula is C21H27N2O4P. The minimum absolute atomic E-state index is 0.170. The third kappa shape index (κ3) is 4.83. The van der Waals surface area contributed by atoms with E-state index in [1.807, 2.05) is 36.4 Å². The Labute approximate surface area is 165 Å². The molecule has 150 valence electrons. The fourth-order valence-corrected chi connectivity index (χ4v) is 4.13. The van der Waals surface area contributed by atoms with Gasteiger partial charge in [0.25, 0.3) is 0 Å². The van der Waals surface area contributed by atoms with Crippen molar-refractivity contribution in [3.63, 3.8) is 0 Å². The Kier molecular flexibility index (Phi) is 6.57. The minimum atomic E-state index is -3.98. The molecule has 6 nitrogen and oxygen atoms in total. The molecule has 0 aliphatic heterocycles. The predicted octanol–water partition coefficient (Wildman–Crippen LogP) is 3.66. The first kappa shape index (κ1) is 20.6. The van der Waals surface area contributed by atoms with Crippen LogP contribution in [0.5, 0.6) is 5.75 Å². The highest BCUT2D eigenvalue weighted by Crippen LogP contribution is 2.35. The van der Waals surface area contributed by atoms with Gasteiger partial charge in [0.15, 0.2) is 0 Å². The van der Waals surface area contributed by atoms with Crippen LogP contribution in [0.25, 0.3) is 10.9 Å². The first-order valence-corrected chi connectivity index (χ1v) is 11.3. The highest BCUT2D eigenvalue weighted by atomic mass is 31.2. The summed E-state index contributed by atoms with van der Waals surface area (Å²) < 4.78 is 19.0. The van der Waals surface area contributed by atoms with Crippen LogP contribution < -0.4 is 10.5 Å². The summed E-state index contributed by atoms with van der Waals surface area (Å²) in [6, 6.07) is 16.3. The van der Waals surface area contributed by atoms with E-state index in [4.69, 9.17) is 20.3 Å². The monoisotopic (exact) mass is 402 g/mol. The van der Waals surface area contributed by atoms with Gasteiger partial charge in [-0.15, -0.1) is 0 Å². The summed E-state index contributed by atoms with van der Waals surface area (Å²) in [6.45, 7) is 3.63. The van der Waals surface area contributed by atoms with Crippen molar-refractivity contribution in [2.24, 2.45) is 5.73 Å². The molecule has 0 atom stereocenters. The second-order valence-corrected chi connectivity index (χ2v) is 8.60. The van der Waals surface area contributed by atoms with E-state index >= 15 is 0 Å². The molecular weight excluding hydrogens is 375 g/mol.